The third kappa shape index (κ3) is 4.89. The molecule has 21 heavy (non-hydrogen) atoms. The molecule has 1 aromatic carbocycles. The van der Waals surface area contributed by atoms with Gasteiger partial charge < -0.3 is 19.9 Å². The first kappa shape index (κ1) is 17.8. The number of ether oxygens (including phenoxy) is 2. The van der Waals surface area contributed by atoms with E-state index < -0.39 is 0 Å². The summed E-state index contributed by atoms with van der Waals surface area (Å²) in [6, 6.07) is 3.39. The van der Waals surface area contributed by atoms with Crippen LogP contribution < -0.4 is 14.8 Å². The van der Waals surface area contributed by atoms with E-state index in [9.17, 15) is 4.79 Å². The van der Waals surface area contributed by atoms with Crippen LogP contribution in [0.2, 0.25) is 0 Å². The molecule has 0 heterocycles. The maximum absolute atomic E-state index is 12.3. The van der Waals surface area contributed by atoms with E-state index in [2.05, 4.69) is 21.2 Å². The summed E-state index contributed by atoms with van der Waals surface area (Å²) in [7, 11) is 3.06. The van der Waals surface area contributed by atoms with Crippen LogP contribution in [0.1, 0.15) is 30.1 Å². The normalized spacial score (nSPS) is 11.9. The van der Waals surface area contributed by atoms with Crippen LogP contribution in [0.4, 0.5) is 0 Å². The lowest BCUT2D eigenvalue weighted by Crippen LogP contribution is -2.30. The predicted molar refractivity (Wildman–Crippen MR) is 85.1 cm³/mol. The number of amides is 1. The maximum atomic E-state index is 12.3. The molecule has 5 nitrogen and oxygen atoms in total. The van der Waals surface area contributed by atoms with Crippen molar-refractivity contribution in [3.63, 3.8) is 0 Å². The van der Waals surface area contributed by atoms with Gasteiger partial charge in [0.25, 0.3) is 5.91 Å². The van der Waals surface area contributed by atoms with Gasteiger partial charge in [0.05, 0.1) is 24.3 Å². The molecule has 0 aliphatic rings. The van der Waals surface area contributed by atoms with Gasteiger partial charge in [0, 0.05) is 13.2 Å². The molecule has 0 aliphatic heterocycles. The number of hydrogen-bond acceptors (Lipinski definition) is 4. The number of benzene rings is 1. The van der Waals surface area contributed by atoms with Gasteiger partial charge in [-0.2, -0.15) is 0 Å². The van der Waals surface area contributed by atoms with Crippen LogP contribution in [0.15, 0.2) is 16.6 Å². The Morgan fingerprint density at radius 2 is 2.10 bits per heavy atom. The Bertz CT molecular complexity index is 479. The number of carbonyl (C=O) groups is 1. The van der Waals surface area contributed by atoms with Crippen LogP contribution in [0.25, 0.3) is 0 Å². The van der Waals surface area contributed by atoms with Crippen molar-refractivity contribution < 1.29 is 19.4 Å². The monoisotopic (exact) mass is 359 g/mol. The van der Waals surface area contributed by atoms with Crippen molar-refractivity contribution in [2.45, 2.75) is 19.8 Å². The summed E-state index contributed by atoms with van der Waals surface area (Å²) in [5, 5.41) is 11.9. The largest absolute Gasteiger partial charge is 0.497 e. The summed E-state index contributed by atoms with van der Waals surface area (Å²) in [5.74, 6) is 1.10. The molecule has 0 aliphatic carbocycles. The van der Waals surface area contributed by atoms with Gasteiger partial charge in [0.2, 0.25) is 0 Å². The number of hydrogen-bond donors (Lipinski definition) is 2. The molecule has 0 aromatic heterocycles. The molecule has 0 saturated heterocycles. The summed E-state index contributed by atoms with van der Waals surface area (Å²) in [6.07, 6.45) is 1.58. The van der Waals surface area contributed by atoms with Gasteiger partial charge in [-0.1, -0.05) is 13.3 Å². The van der Waals surface area contributed by atoms with Crippen LogP contribution >= 0.6 is 15.9 Å². The lowest BCUT2D eigenvalue weighted by Gasteiger charge is -2.16. The predicted octanol–water partition coefficient (Wildman–Crippen LogP) is 2.60. The van der Waals surface area contributed by atoms with Gasteiger partial charge >= 0.3 is 0 Å². The Morgan fingerprint density at radius 3 is 2.62 bits per heavy atom. The highest BCUT2D eigenvalue weighted by Crippen LogP contribution is 2.33. The molecule has 0 saturated carbocycles. The molecular weight excluding hydrogens is 338 g/mol. The average molecular weight is 360 g/mol. The second kappa shape index (κ2) is 8.89. The zero-order chi connectivity index (χ0) is 15.8. The Hall–Kier alpha value is -1.27. The van der Waals surface area contributed by atoms with E-state index in [1.54, 1.807) is 19.2 Å². The topological polar surface area (TPSA) is 67.8 Å². The van der Waals surface area contributed by atoms with Gasteiger partial charge in [-0.25, -0.2) is 0 Å². The van der Waals surface area contributed by atoms with E-state index in [0.717, 1.165) is 6.42 Å². The number of aliphatic hydroxyl groups excluding tert-OH is 1. The minimum Gasteiger partial charge on any atom is -0.497 e. The average Bonchev–Trinajstić information content (AvgIpc) is 2.50. The van der Waals surface area contributed by atoms with Crippen LogP contribution in [0, 0.1) is 5.92 Å². The lowest BCUT2D eigenvalue weighted by atomic mass is 10.0. The summed E-state index contributed by atoms with van der Waals surface area (Å²) in [4.78, 5) is 12.3. The molecule has 1 amide bonds. The summed E-state index contributed by atoms with van der Waals surface area (Å²) in [5.41, 5.74) is 0.419. The first-order chi connectivity index (χ1) is 10.1. The Balaban J connectivity index is 2.88. The fourth-order valence-electron chi connectivity index (χ4n) is 2.03. The first-order valence-corrected chi connectivity index (χ1v) is 7.67. The van der Waals surface area contributed by atoms with E-state index in [1.165, 1.54) is 7.11 Å². The fourth-order valence-corrected chi connectivity index (χ4v) is 2.63. The lowest BCUT2D eigenvalue weighted by molar-refractivity contribution is 0.0940. The highest BCUT2D eigenvalue weighted by atomic mass is 79.9. The molecule has 0 bridgehead atoms. The highest BCUT2D eigenvalue weighted by molar-refractivity contribution is 9.10. The Kier molecular flexibility index (Phi) is 7.53. The summed E-state index contributed by atoms with van der Waals surface area (Å²) in [6.45, 7) is 2.69. The number of aliphatic hydroxyl groups is 1. The van der Waals surface area contributed by atoms with Crippen molar-refractivity contribution in [1.82, 2.24) is 5.32 Å². The molecule has 6 heteroatoms. The number of carbonyl (C=O) groups excluding carboxylic acids is 1. The minimum atomic E-state index is -0.220. The molecule has 1 rings (SSSR count). The molecule has 0 radical (unpaired) electrons. The third-order valence-corrected chi connectivity index (χ3v) is 3.96. The zero-order valence-electron chi connectivity index (χ0n) is 12.6. The molecule has 118 valence electrons. The van der Waals surface area contributed by atoms with E-state index in [0.29, 0.717) is 34.5 Å². The van der Waals surface area contributed by atoms with Crippen molar-refractivity contribution in [2.24, 2.45) is 5.92 Å². The molecular formula is C15H22BrNO4. The minimum absolute atomic E-state index is 0.127. The molecule has 1 atom stereocenters. The van der Waals surface area contributed by atoms with Gasteiger partial charge in [0.1, 0.15) is 11.5 Å². The second-order valence-electron chi connectivity index (χ2n) is 4.69. The number of rotatable bonds is 8. The van der Waals surface area contributed by atoms with Crippen LogP contribution in [-0.2, 0) is 0 Å². The van der Waals surface area contributed by atoms with Crippen LogP contribution in [-0.4, -0.2) is 38.4 Å². The van der Waals surface area contributed by atoms with Crippen molar-refractivity contribution in [3.8, 4) is 11.5 Å². The van der Waals surface area contributed by atoms with Crippen molar-refractivity contribution in [2.75, 3.05) is 27.4 Å². The van der Waals surface area contributed by atoms with E-state index in [1.807, 2.05) is 6.92 Å². The van der Waals surface area contributed by atoms with E-state index >= 15 is 0 Å². The standard InChI is InChI=1S/C15H22BrNO4/c1-4-10(5-6-18)9-17-15(19)12-7-11(20-2)8-13(16)14(12)21-3/h7-8,10,18H,4-6,9H2,1-3H3,(H,17,19). The number of halogens is 1. The molecule has 1 unspecified atom stereocenters. The Labute approximate surface area is 133 Å². The highest BCUT2D eigenvalue weighted by Gasteiger charge is 2.18. The summed E-state index contributed by atoms with van der Waals surface area (Å²) >= 11 is 3.37. The van der Waals surface area contributed by atoms with Crippen LogP contribution in [0.5, 0.6) is 11.5 Å². The second-order valence-corrected chi connectivity index (χ2v) is 5.54. The molecule has 2 N–H and O–H groups in total. The van der Waals surface area contributed by atoms with Crippen molar-refractivity contribution >= 4 is 21.8 Å². The SMILES string of the molecule is CCC(CCO)CNC(=O)c1cc(OC)cc(Br)c1OC. The van der Waals surface area contributed by atoms with Gasteiger partial charge in [0.15, 0.2) is 0 Å². The number of methoxy groups -OCH3 is 2. The van der Waals surface area contributed by atoms with E-state index in [4.69, 9.17) is 14.6 Å². The van der Waals surface area contributed by atoms with Gasteiger partial charge in [-0.15, -0.1) is 0 Å². The fraction of sp³-hybridized carbons (Fsp3) is 0.533. The molecule has 0 fully saturated rings. The van der Waals surface area contributed by atoms with Gasteiger partial charge in [-0.05, 0) is 40.4 Å². The number of nitrogens with one attached hydrogen (secondary N) is 1. The smallest absolute Gasteiger partial charge is 0.255 e. The molecule has 0 spiro atoms. The van der Waals surface area contributed by atoms with Crippen LogP contribution in [0.3, 0.4) is 0 Å². The zero-order valence-corrected chi connectivity index (χ0v) is 14.2. The van der Waals surface area contributed by atoms with Crippen molar-refractivity contribution in [1.29, 1.82) is 0 Å². The van der Waals surface area contributed by atoms with E-state index in [-0.39, 0.29) is 18.4 Å². The third-order valence-electron chi connectivity index (χ3n) is 3.37. The molecule has 1 aromatic rings. The van der Waals surface area contributed by atoms with Crippen molar-refractivity contribution in [3.05, 3.63) is 22.2 Å². The maximum Gasteiger partial charge on any atom is 0.255 e. The summed E-state index contributed by atoms with van der Waals surface area (Å²) < 4.78 is 11.1. The Morgan fingerprint density at radius 1 is 1.38 bits per heavy atom. The quantitative estimate of drug-likeness (QED) is 0.748. The first-order valence-electron chi connectivity index (χ1n) is 6.87. The van der Waals surface area contributed by atoms with Gasteiger partial charge in [-0.3, -0.25) is 4.79 Å².